The van der Waals surface area contributed by atoms with E-state index in [4.69, 9.17) is 9.47 Å². The van der Waals surface area contributed by atoms with Crippen molar-refractivity contribution in [2.75, 3.05) is 14.2 Å². The van der Waals surface area contributed by atoms with Crippen LogP contribution < -0.4 is 9.47 Å². The standard InChI is InChI=1S/4C10H8.2C8H8O.2C7H8O.6C7H8.12C2H6/c4*1-2-6-10-8-4-3-7-9(10)5-1;2*1-7(9)8-5-3-2-4-6-8;2*1-8-7-5-3-2-4-6-7;6*1-7-5-3-2-4-6-7;12*1-2/h4*1-8H;2*2-6H,1H3;2*2-6H,1H3;6*2-6H,1H3;12*1-2H3. The molecule has 752 valence electrons. The van der Waals surface area contributed by atoms with Gasteiger partial charge < -0.3 is 9.47 Å². The van der Waals surface area contributed by atoms with Crippen LogP contribution in [0.1, 0.15) is 234 Å². The Labute approximate surface area is 857 Å². The maximum atomic E-state index is 10.6. The van der Waals surface area contributed by atoms with Crippen LogP contribution in [0.25, 0.3) is 43.1 Å². The van der Waals surface area contributed by atoms with E-state index in [9.17, 15) is 9.59 Å². The van der Waals surface area contributed by atoms with E-state index >= 15 is 0 Å². The molecule has 0 atom stereocenters. The lowest BCUT2D eigenvalue weighted by molar-refractivity contribution is 0.100. The number of Topliss-reactive ketones (excluding diaryl/α,β-unsaturated/α-hetero) is 2. The summed E-state index contributed by atoms with van der Waals surface area (Å²) in [5, 5.41) is 10.5. The normalized spacial score (nSPS) is 8.13. The molecule has 0 aliphatic rings. The highest BCUT2D eigenvalue weighted by Gasteiger charge is 1.95. The molecular formula is C136H184O4. The molecule has 0 aliphatic heterocycles. The molecule has 140 heavy (non-hydrogen) atoms. The molecule has 4 heteroatoms. The van der Waals surface area contributed by atoms with Crippen molar-refractivity contribution in [2.45, 2.75) is 222 Å². The molecule has 18 rings (SSSR count). The first-order valence-corrected chi connectivity index (χ1v) is 50.9. The number of carbonyl (C=O) groups is 2. The number of hydrogen-bond acceptors (Lipinski definition) is 4. The van der Waals surface area contributed by atoms with Crippen LogP contribution in [0.2, 0.25) is 0 Å². The summed E-state index contributed by atoms with van der Waals surface area (Å²) in [6, 6.07) is 166. The fourth-order valence-corrected chi connectivity index (χ4v) is 10.2. The van der Waals surface area contributed by atoms with Crippen LogP contribution in [0.15, 0.2) is 497 Å². The maximum absolute atomic E-state index is 10.6. The number of carbonyl (C=O) groups excluding carboxylic acids is 2. The van der Waals surface area contributed by atoms with E-state index in [1.54, 1.807) is 28.1 Å². The van der Waals surface area contributed by atoms with Gasteiger partial charge >= 0.3 is 0 Å². The second-order valence-electron chi connectivity index (χ2n) is 26.2. The van der Waals surface area contributed by atoms with Gasteiger partial charge in [-0.05, 0) is 123 Å². The Morgan fingerprint density at radius 2 is 0.221 bits per heavy atom. The number of rotatable bonds is 4. The van der Waals surface area contributed by atoms with Crippen LogP contribution in [0, 0.1) is 41.5 Å². The van der Waals surface area contributed by atoms with Crippen LogP contribution in [0.5, 0.6) is 11.5 Å². The molecule has 0 bridgehead atoms. The predicted octanol–water partition coefficient (Wildman–Crippen LogP) is 42.8. The smallest absolute Gasteiger partial charge is 0.159 e. The summed E-state index contributed by atoms with van der Waals surface area (Å²) in [5.74, 6) is 2.06. The summed E-state index contributed by atoms with van der Waals surface area (Å²) in [6.07, 6.45) is 0. The zero-order valence-electron chi connectivity index (χ0n) is 93.0. The topological polar surface area (TPSA) is 52.6 Å². The summed E-state index contributed by atoms with van der Waals surface area (Å²) in [7, 11) is 3.32. The van der Waals surface area contributed by atoms with Crippen LogP contribution >= 0.6 is 0 Å². The fourth-order valence-electron chi connectivity index (χ4n) is 10.2. The molecule has 18 aromatic rings. The van der Waals surface area contributed by atoms with Crippen molar-refractivity contribution in [3.63, 3.8) is 0 Å². The number of benzene rings is 18. The van der Waals surface area contributed by atoms with Gasteiger partial charge in [0.05, 0.1) is 14.2 Å². The molecule has 0 N–H and O–H groups in total. The predicted molar refractivity (Wildman–Crippen MR) is 638 cm³/mol. The van der Waals surface area contributed by atoms with Crippen LogP contribution in [0.3, 0.4) is 0 Å². The lowest BCUT2D eigenvalue weighted by Crippen LogP contribution is -1.88. The number of aryl methyl sites for hydroxylation is 6. The Morgan fingerprint density at radius 3 is 0.286 bits per heavy atom. The highest BCUT2D eigenvalue weighted by molar-refractivity contribution is 5.94. The SMILES string of the molecule is CC.CC.CC.CC.CC.CC.CC.CC.CC.CC.CC.CC.CC(=O)c1ccccc1.CC(=O)c1ccccc1.COc1ccccc1.COc1ccccc1.Cc1ccccc1.Cc1ccccc1.Cc1ccccc1.Cc1ccccc1.Cc1ccccc1.Cc1ccccc1.c1ccc2ccccc2c1.c1ccc2ccccc2c1.c1ccc2ccccc2c1.c1ccc2ccccc2c1. The third-order valence-electron chi connectivity index (χ3n) is 16.6. The van der Waals surface area contributed by atoms with E-state index in [0.29, 0.717) is 0 Å². The first-order chi connectivity index (χ1) is 68.7. The Hall–Kier alpha value is -14.1. The van der Waals surface area contributed by atoms with Gasteiger partial charge in [-0.2, -0.15) is 0 Å². The van der Waals surface area contributed by atoms with Gasteiger partial charge in [-0.25, -0.2) is 0 Å². The second kappa shape index (κ2) is 114. The van der Waals surface area contributed by atoms with Crippen molar-refractivity contribution in [3.05, 3.63) is 542 Å². The molecule has 0 unspecified atom stereocenters. The average Bonchev–Trinajstić information content (AvgIpc) is 0.882. The summed E-state index contributed by atoms with van der Waals surface area (Å²) in [4.78, 5) is 21.3. The molecule has 0 fully saturated rings. The van der Waals surface area contributed by atoms with Crippen molar-refractivity contribution in [2.24, 2.45) is 0 Å². The van der Waals surface area contributed by atoms with Gasteiger partial charge in [0, 0.05) is 11.1 Å². The van der Waals surface area contributed by atoms with Gasteiger partial charge in [-0.15, -0.1) is 0 Å². The number of ether oxygens (including phenoxy) is 2. The first kappa shape index (κ1) is 141. The molecule has 0 heterocycles. The molecule has 0 radical (unpaired) electrons. The van der Waals surface area contributed by atoms with Gasteiger partial charge in [-0.3, -0.25) is 9.59 Å². The monoisotopic (exact) mass is 1880 g/mol. The molecular weight excluding hydrogens is 1700 g/mol. The minimum absolute atomic E-state index is 0.121. The lowest BCUT2D eigenvalue weighted by atomic mass is 10.1. The molecule has 0 amide bonds. The number of methoxy groups -OCH3 is 2. The fraction of sp³-hybridized carbons (Fsp3) is 0.250. The van der Waals surface area contributed by atoms with E-state index in [1.165, 1.54) is 76.5 Å². The average molecular weight is 1880 g/mol. The number of para-hydroxylation sites is 2. The molecule has 0 saturated carbocycles. The second-order valence-corrected chi connectivity index (χ2v) is 26.2. The molecule has 18 aromatic carbocycles. The van der Waals surface area contributed by atoms with Crippen molar-refractivity contribution in [1.29, 1.82) is 0 Å². The zero-order chi connectivity index (χ0) is 107. The Bertz CT molecular complexity index is 4480. The molecule has 0 aliphatic carbocycles. The van der Waals surface area contributed by atoms with Crippen LogP contribution in [-0.4, -0.2) is 25.8 Å². The van der Waals surface area contributed by atoms with Gasteiger partial charge in [0.25, 0.3) is 0 Å². The van der Waals surface area contributed by atoms with Gasteiger partial charge in [0.1, 0.15) is 11.5 Å². The lowest BCUT2D eigenvalue weighted by Gasteiger charge is -1.93. The minimum atomic E-state index is 0.121. The van der Waals surface area contributed by atoms with E-state index in [-0.39, 0.29) is 11.6 Å². The molecule has 4 nitrogen and oxygen atoms in total. The number of fused-ring (bicyclic) bond motifs is 4. The third-order valence-corrected chi connectivity index (χ3v) is 16.6. The number of hydrogen-bond donors (Lipinski definition) is 0. The summed E-state index contributed by atoms with van der Waals surface area (Å²) in [5.41, 5.74) is 9.48. The van der Waals surface area contributed by atoms with E-state index < -0.39 is 0 Å². The van der Waals surface area contributed by atoms with Gasteiger partial charge in [0.2, 0.25) is 0 Å². The highest BCUT2D eigenvalue weighted by Crippen LogP contribution is 2.16. The summed E-state index contributed by atoms with van der Waals surface area (Å²) >= 11 is 0. The maximum Gasteiger partial charge on any atom is 0.159 e. The summed E-state index contributed by atoms with van der Waals surface area (Å²) < 4.78 is 9.83. The van der Waals surface area contributed by atoms with Crippen molar-refractivity contribution < 1.29 is 19.1 Å². The van der Waals surface area contributed by atoms with Gasteiger partial charge in [-0.1, -0.05) is 673 Å². The van der Waals surface area contributed by atoms with Crippen LogP contribution in [-0.2, 0) is 0 Å². The van der Waals surface area contributed by atoms with E-state index in [0.717, 1.165) is 22.6 Å². The van der Waals surface area contributed by atoms with Crippen molar-refractivity contribution in [1.82, 2.24) is 0 Å². The third kappa shape index (κ3) is 83.3. The first-order valence-electron chi connectivity index (χ1n) is 50.9. The molecule has 0 aromatic heterocycles. The zero-order valence-corrected chi connectivity index (χ0v) is 93.0. The Morgan fingerprint density at radius 1 is 0.136 bits per heavy atom. The largest absolute Gasteiger partial charge is 0.497 e. The van der Waals surface area contributed by atoms with E-state index in [1.807, 2.05) is 397 Å². The molecule has 0 spiro atoms. The van der Waals surface area contributed by atoms with Crippen LogP contribution in [0.4, 0.5) is 0 Å². The highest BCUT2D eigenvalue weighted by atomic mass is 16.5. The molecule has 0 saturated heterocycles. The number of ketones is 2. The van der Waals surface area contributed by atoms with Crippen molar-refractivity contribution in [3.8, 4) is 11.5 Å². The van der Waals surface area contributed by atoms with Crippen molar-refractivity contribution >= 4 is 54.7 Å². The summed E-state index contributed by atoms with van der Waals surface area (Å²) in [6.45, 7) is 63.6. The van der Waals surface area contributed by atoms with E-state index in [2.05, 4.69) is 308 Å². The minimum Gasteiger partial charge on any atom is -0.497 e. The van der Waals surface area contributed by atoms with Gasteiger partial charge in [0.15, 0.2) is 11.6 Å². The Kier molecular flexibility index (Phi) is 115. The Balaban J connectivity index is -0.000000220. The quantitative estimate of drug-likeness (QED) is 0.165.